The fourth-order valence-electron chi connectivity index (χ4n) is 2.34. The molecule has 0 amide bonds. The quantitative estimate of drug-likeness (QED) is 0.363. The maximum Gasteiger partial charge on any atom is 0.341 e. The van der Waals surface area contributed by atoms with E-state index >= 15 is 0 Å². The van der Waals surface area contributed by atoms with Crippen LogP contribution in [-0.4, -0.2) is 23.9 Å². The molecule has 0 spiro atoms. The van der Waals surface area contributed by atoms with E-state index in [1.807, 2.05) is 24.3 Å². The van der Waals surface area contributed by atoms with Crippen LogP contribution in [0.1, 0.15) is 22.8 Å². The number of carbonyl (C=O) groups is 1. The number of esters is 1. The summed E-state index contributed by atoms with van der Waals surface area (Å²) in [6, 6.07) is 11.1. The number of hydrogen-bond donors (Lipinski definition) is 1. The minimum Gasteiger partial charge on any atom is -0.506 e. The highest BCUT2D eigenvalue weighted by Crippen LogP contribution is 2.38. The number of halogens is 2. The van der Waals surface area contributed by atoms with Crippen LogP contribution < -0.4 is 0 Å². The van der Waals surface area contributed by atoms with Crippen molar-refractivity contribution >= 4 is 70.5 Å². The van der Waals surface area contributed by atoms with Gasteiger partial charge in [0.15, 0.2) is 0 Å². The molecule has 0 aliphatic carbocycles. The van der Waals surface area contributed by atoms with Gasteiger partial charge in [-0.15, -0.1) is 11.3 Å². The van der Waals surface area contributed by atoms with E-state index in [0.717, 1.165) is 14.6 Å². The van der Waals surface area contributed by atoms with Crippen molar-refractivity contribution in [1.82, 2.24) is 0 Å². The molecule has 1 heterocycles. The Kier molecular flexibility index (Phi) is 5.56. The first kappa shape index (κ1) is 18.1. The molecule has 0 fully saturated rings. The number of benzene rings is 2. The van der Waals surface area contributed by atoms with E-state index in [9.17, 15) is 9.90 Å². The van der Waals surface area contributed by atoms with Crippen LogP contribution in [0.2, 0.25) is 0 Å². The number of aromatic hydroxyl groups is 1. The van der Waals surface area contributed by atoms with Gasteiger partial charge in [-0.3, -0.25) is 0 Å². The lowest BCUT2D eigenvalue weighted by Crippen LogP contribution is -2.03. The summed E-state index contributed by atoms with van der Waals surface area (Å²) in [5, 5.41) is 11.5. The smallest absolute Gasteiger partial charge is 0.341 e. The highest BCUT2D eigenvalue weighted by molar-refractivity contribution is 9.11. The second-order valence-electron chi connectivity index (χ2n) is 5.08. The van der Waals surface area contributed by atoms with Crippen LogP contribution in [-0.2, 0) is 4.74 Å². The molecule has 128 valence electrons. The minimum atomic E-state index is -0.397. The summed E-state index contributed by atoms with van der Waals surface area (Å²) in [6.07, 6.45) is 1.54. The number of rotatable bonds is 4. The molecule has 1 aromatic heterocycles. The number of phenols is 1. The third kappa shape index (κ3) is 3.78. The first-order valence-electron chi connectivity index (χ1n) is 7.42. The Hall–Kier alpha value is -1.70. The van der Waals surface area contributed by atoms with Gasteiger partial charge in [-0.1, -0.05) is 34.1 Å². The van der Waals surface area contributed by atoms with Gasteiger partial charge in [0.1, 0.15) is 16.3 Å². The number of nitrogens with zero attached hydrogens (tertiary/aromatic N) is 1. The maximum absolute atomic E-state index is 12.4. The third-order valence-electron chi connectivity index (χ3n) is 3.44. The van der Waals surface area contributed by atoms with E-state index in [1.54, 1.807) is 19.1 Å². The van der Waals surface area contributed by atoms with Gasteiger partial charge < -0.3 is 9.84 Å². The lowest BCUT2D eigenvalue weighted by atomic mass is 10.1. The average Bonchev–Trinajstić information content (AvgIpc) is 2.95. The van der Waals surface area contributed by atoms with Crippen molar-refractivity contribution in [3.8, 4) is 5.75 Å². The fraction of sp³-hybridized carbons (Fsp3) is 0.111. The molecule has 0 aliphatic rings. The molecule has 1 N–H and O–H groups in total. The van der Waals surface area contributed by atoms with Crippen LogP contribution in [0.4, 0.5) is 5.00 Å². The number of fused-ring (bicyclic) bond motifs is 1. The molecule has 2 aromatic carbocycles. The third-order valence-corrected chi connectivity index (χ3v) is 5.58. The summed E-state index contributed by atoms with van der Waals surface area (Å²) < 4.78 is 7.50. The molecule has 25 heavy (non-hydrogen) atoms. The number of carbonyl (C=O) groups excluding carboxylic acids is 1. The van der Waals surface area contributed by atoms with Crippen LogP contribution in [0.15, 0.2) is 50.3 Å². The monoisotopic (exact) mass is 481 g/mol. The van der Waals surface area contributed by atoms with Gasteiger partial charge in [0.05, 0.1) is 11.1 Å². The second-order valence-corrected chi connectivity index (χ2v) is 7.88. The number of aliphatic imine (C=N–C) groups is 1. The first-order chi connectivity index (χ1) is 12.0. The molecule has 0 unspecified atom stereocenters. The van der Waals surface area contributed by atoms with Crippen molar-refractivity contribution < 1.29 is 14.6 Å². The molecule has 0 radical (unpaired) electrons. The topological polar surface area (TPSA) is 58.9 Å². The molecule has 0 bridgehead atoms. The summed E-state index contributed by atoms with van der Waals surface area (Å²) in [7, 11) is 0. The van der Waals surface area contributed by atoms with Crippen molar-refractivity contribution in [2.45, 2.75) is 6.92 Å². The van der Waals surface area contributed by atoms with Crippen molar-refractivity contribution in [1.29, 1.82) is 0 Å². The fourth-order valence-corrected chi connectivity index (χ4v) is 4.63. The number of thiophene rings is 1. The highest BCUT2D eigenvalue weighted by atomic mass is 79.9. The van der Waals surface area contributed by atoms with Crippen LogP contribution >= 0.6 is 43.2 Å². The SMILES string of the molecule is CCOC(=O)c1c(/N=C/c2cc(Br)cc(Br)c2O)sc2ccccc12. The Morgan fingerprint density at radius 2 is 2.08 bits per heavy atom. The number of hydrogen-bond acceptors (Lipinski definition) is 5. The second kappa shape index (κ2) is 7.68. The molecule has 7 heteroatoms. The summed E-state index contributed by atoms with van der Waals surface area (Å²) in [6.45, 7) is 2.07. The zero-order valence-corrected chi connectivity index (χ0v) is 17.1. The predicted molar refractivity (Wildman–Crippen MR) is 109 cm³/mol. The highest BCUT2D eigenvalue weighted by Gasteiger charge is 2.19. The maximum atomic E-state index is 12.4. The van der Waals surface area contributed by atoms with E-state index in [-0.39, 0.29) is 5.75 Å². The largest absolute Gasteiger partial charge is 0.506 e. The molecule has 0 saturated heterocycles. The first-order valence-corrected chi connectivity index (χ1v) is 9.82. The predicted octanol–water partition coefficient (Wildman–Crippen LogP) is 6.06. The van der Waals surface area contributed by atoms with Gasteiger partial charge >= 0.3 is 5.97 Å². The van der Waals surface area contributed by atoms with Crippen LogP contribution in [0.3, 0.4) is 0 Å². The lowest BCUT2D eigenvalue weighted by Gasteiger charge is -2.03. The van der Waals surface area contributed by atoms with Gasteiger partial charge in [-0.25, -0.2) is 9.79 Å². The van der Waals surface area contributed by atoms with Crippen molar-refractivity contribution in [2.75, 3.05) is 6.61 Å². The Balaban J connectivity index is 2.10. The zero-order valence-electron chi connectivity index (χ0n) is 13.1. The summed E-state index contributed by atoms with van der Waals surface area (Å²) >= 11 is 8.09. The van der Waals surface area contributed by atoms with Crippen LogP contribution in [0.5, 0.6) is 5.75 Å². The van der Waals surface area contributed by atoms with Crippen molar-refractivity contribution in [3.63, 3.8) is 0 Å². The van der Waals surface area contributed by atoms with Crippen molar-refractivity contribution in [3.05, 3.63) is 56.5 Å². The molecule has 3 rings (SSSR count). The Morgan fingerprint density at radius 3 is 2.84 bits per heavy atom. The minimum absolute atomic E-state index is 0.0887. The van der Waals surface area contributed by atoms with Gasteiger partial charge in [0.2, 0.25) is 0 Å². The molecule has 0 aliphatic heterocycles. The van der Waals surface area contributed by atoms with E-state index in [2.05, 4.69) is 36.9 Å². The normalized spacial score (nSPS) is 11.3. The van der Waals surface area contributed by atoms with Gasteiger partial charge in [0, 0.05) is 26.3 Å². The van der Waals surface area contributed by atoms with Crippen LogP contribution in [0, 0.1) is 0 Å². The van der Waals surface area contributed by atoms with E-state index in [0.29, 0.717) is 27.2 Å². The van der Waals surface area contributed by atoms with E-state index in [1.165, 1.54) is 17.6 Å². The summed E-state index contributed by atoms with van der Waals surface area (Å²) in [5.74, 6) is -0.308. The van der Waals surface area contributed by atoms with Gasteiger partial charge in [-0.2, -0.15) is 0 Å². The Morgan fingerprint density at radius 1 is 1.32 bits per heavy atom. The molecule has 4 nitrogen and oxygen atoms in total. The summed E-state index contributed by atoms with van der Waals surface area (Å²) in [4.78, 5) is 16.8. The van der Waals surface area contributed by atoms with Crippen molar-refractivity contribution in [2.24, 2.45) is 4.99 Å². The number of phenolic OH excluding ortho intramolecular Hbond substituents is 1. The average molecular weight is 483 g/mol. The van der Waals surface area contributed by atoms with Gasteiger partial charge in [0.25, 0.3) is 0 Å². The van der Waals surface area contributed by atoms with E-state index in [4.69, 9.17) is 4.74 Å². The lowest BCUT2D eigenvalue weighted by molar-refractivity contribution is 0.0530. The molecular formula is C18H13Br2NO3S. The molecule has 0 saturated carbocycles. The van der Waals surface area contributed by atoms with Crippen LogP contribution in [0.25, 0.3) is 10.1 Å². The summed E-state index contributed by atoms with van der Waals surface area (Å²) in [5.41, 5.74) is 0.987. The Labute approximate surface area is 165 Å². The molecule has 0 atom stereocenters. The molecular weight excluding hydrogens is 470 g/mol. The Bertz CT molecular complexity index is 982. The standard InChI is InChI=1S/C18H13Br2NO3S/c1-2-24-18(23)15-12-5-3-4-6-14(12)25-17(15)21-9-10-7-11(19)8-13(20)16(10)22/h3-9,22H,2H2,1H3/b21-9+. The number of ether oxygens (including phenoxy) is 1. The molecule has 3 aromatic rings. The van der Waals surface area contributed by atoms with Gasteiger partial charge in [-0.05, 0) is 41.1 Å². The van der Waals surface area contributed by atoms with E-state index < -0.39 is 5.97 Å². The zero-order chi connectivity index (χ0) is 18.0.